The molecule has 0 bridgehead atoms. The molecule has 1 saturated heterocycles. The highest BCUT2D eigenvalue weighted by atomic mass is 32.2. The SMILES string of the molecule is O=C(O)C1CSCCN1C(=O)c1cccc(F)n1. The second kappa shape index (κ2) is 5.34. The van der Waals surface area contributed by atoms with Crippen LogP contribution >= 0.6 is 11.8 Å². The largest absolute Gasteiger partial charge is 0.480 e. The molecule has 0 spiro atoms. The summed E-state index contributed by atoms with van der Waals surface area (Å²) < 4.78 is 12.9. The number of thioether (sulfide) groups is 1. The van der Waals surface area contributed by atoms with Gasteiger partial charge < -0.3 is 10.0 Å². The highest BCUT2D eigenvalue weighted by molar-refractivity contribution is 7.99. The molecule has 1 N–H and O–H groups in total. The third-order valence-electron chi connectivity index (χ3n) is 2.61. The van der Waals surface area contributed by atoms with Gasteiger partial charge in [-0.3, -0.25) is 4.79 Å². The number of carboxylic acids is 1. The van der Waals surface area contributed by atoms with Gasteiger partial charge in [-0.2, -0.15) is 16.2 Å². The van der Waals surface area contributed by atoms with E-state index in [1.807, 2.05) is 0 Å². The van der Waals surface area contributed by atoms with Crippen molar-refractivity contribution in [2.75, 3.05) is 18.1 Å². The summed E-state index contributed by atoms with van der Waals surface area (Å²) in [6.07, 6.45) is 0. The lowest BCUT2D eigenvalue weighted by Gasteiger charge is -2.32. The van der Waals surface area contributed by atoms with Crippen LogP contribution in [0.4, 0.5) is 4.39 Å². The molecule has 7 heteroatoms. The molecule has 0 saturated carbocycles. The van der Waals surface area contributed by atoms with Crippen molar-refractivity contribution in [3.8, 4) is 0 Å². The summed E-state index contributed by atoms with van der Waals surface area (Å²) in [5, 5.41) is 9.06. The summed E-state index contributed by atoms with van der Waals surface area (Å²) in [6, 6.07) is 3.02. The molecule has 1 aromatic rings. The van der Waals surface area contributed by atoms with Crippen molar-refractivity contribution in [3.05, 3.63) is 29.8 Å². The van der Waals surface area contributed by atoms with Gasteiger partial charge in [-0.1, -0.05) is 6.07 Å². The maximum atomic E-state index is 12.9. The first-order valence-corrected chi connectivity index (χ1v) is 6.49. The van der Waals surface area contributed by atoms with E-state index in [1.54, 1.807) is 0 Å². The Labute approximate surface area is 107 Å². The standard InChI is InChI=1S/C11H11FN2O3S/c12-9-3-1-2-7(13-9)10(15)14-4-5-18-6-8(14)11(16)17/h1-3,8H,4-6H2,(H,16,17). The van der Waals surface area contributed by atoms with Crippen molar-refractivity contribution in [2.24, 2.45) is 0 Å². The Morgan fingerprint density at radius 1 is 1.50 bits per heavy atom. The molecule has 1 amide bonds. The Morgan fingerprint density at radius 3 is 2.94 bits per heavy atom. The predicted octanol–water partition coefficient (Wildman–Crippen LogP) is 0.863. The molecule has 1 unspecified atom stereocenters. The van der Waals surface area contributed by atoms with Crippen LogP contribution in [0.2, 0.25) is 0 Å². The van der Waals surface area contributed by atoms with Crippen LogP contribution in [0.1, 0.15) is 10.5 Å². The number of halogens is 1. The summed E-state index contributed by atoms with van der Waals surface area (Å²) in [6.45, 7) is 0.332. The molecule has 2 rings (SSSR count). The molecule has 1 aromatic heterocycles. The Morgan fingerprint density at radius 2 is 2.28 bits per heavy atom. The average Bonchev–Trinajstić information content (AvgIpc) is 2.38. The lowest BCUT2D eigenvalue weighted by Crippen LogP contribution is -2.50. The first kappa shape index (κ1) is 12.8. The molecule has 0 radical (unpaired) electrons. The van der Waals surface area contributed by atoms with Gasteiger partial charge in [0.15, 0.2) is 0 Å². The minimum Gasteiger partial charge on any atom is -0.480 e. The highest BCUT2D eigenvalue weighted by Gasteiger charge is 2.33. The number of nitrogens with zero attached hydrogens (tertiary/aromatic N) is 2. The number of carbonyl (C=O) groups is 2. The molecule has 0 aliphatic carbocycles. The van der Waals surface area contributed by atoms with Gasteiger partial charge in [-0.05, 0) is 12.1 Å². The second-order valence-corrected chi connectivity index (χ2v) is 4.92. The number of hydrogen-bond donors (Lipinski definition) is 1. The number of aliphatic carboxylic acids is 1. The lowest BCUT2D eigenvalue weighted by molar-refractivity contribution is -0.141. The van der Waals surface area contributed by atoms with Crippen LogP contribution in [-0.4, -0.2) is 51.0 Å². The second-order valence-electron chi connectivity index (χ2n) is 3.77. The van der Waals surface area contributed by atoms with E-state index in [1.165, 1.54) is 28.8 Å². The third kappa shape index (κ3) is 2.61. The van der Waals surface area contributed by atoms with Crippen molar-refractivity contribution in [1.29, 1.82) is 0 Å². The predicted molar refractivity (Wildman–Crippen MR) is 64.0 cm³/mol. The van der Waals surface area contributed by atoms with Crippen LogP contribution in [0.3, 0.4) is 0 Å². The maximum Gasteiger partial charge on any atom is 0.327 e. The number of hydrogen-bond acceptors (Lipinski definition) is 4. The van der Waals surface area contributed by atoms with E-state index in [2.05, 4.69) is 4.98 Å². The number of carbonyl (C=O) groups excluding carboxylic acids is 1. The summed E-state index contributed by atoms with van der Waals surface area (Å²) in [5.41, 5.74) is -0.0619. The quantitative estimate of drug-likeness (QED) is 0.807. The molecule has 5 nitrogen and oxygen atoms in total. The summed E-state index contributed by atoms with van der Waals surface area (Å²) >= 11 is 1.48. The molecule has 2 heterocycles. The molecule has 96 valence electrons. The lowest BCUT2D eigenvalue weighted by atomic mass is 10.2. The van der Waals surface area contributed by atoms with E-state index >= 15 is 0 Å². The van der Waals surface area contributed by atoms with Gasteiger partial charge >= 0.3 is 5.97 Å². The van der Waals surface area contributed by atoms with Gasteiger partial charge in [0.2, 0.25) is 5.95 Å². The van der Waals surface area contributed by atoms with E-state index in [-0.39, 0.29) is 5.69 Å². The van der Waals surface area contributed by atoms with Crippen LogP contribution in [0.5, 0.6) is 0 Å². The van der Waals surface area contributed by atoms with Gasteiger partial charge in [-0.15, -0.1) is 0 Å². The van der Waals surface area contributed by atoms with Gasteiger partial charge in [0.25, 0.3) is 5.91 Å². The highest BCUT2D eigenvalue weighted by Crippen LogP contribution is 2.18. The summed E-state index contributed by atoms with van der Waals surface area (Å²) in [5.74, 6) is -1.32. The fraction of sp³-hybridized carbons (Fsp3) is 0.364. The first-order valence-electron chi connectivity index (χ1n) is 5.33. The number of amides is 1. The molecule has 1 fully saturated rings. The maximum absolute atomic E-state index is 12.9. The molecule has 1 atom stereocenters. The van der Waals surface area contributed by atoms with E-state index < -0.39 is 23.9 Å². The van der Waals surface area contributed by atoms with Gasteiger partial charge in [0.05, 0.1) is 0 Å². The number of rotatable bonds is 2. The van der Waals surface area contributed by atoms with Crippen molar-refractivity contribution in [1.82, 2.24) is 9.88 Å². The molecular weight excluding hydrogens is 259 g/mol. The Kier molecular flexibility index (Phi) is 3.81. The molecule has 0 aromatic carbocycles. The summed E-state index contributed by atoms with van der Waals surface area (Å²) in [7, 11) is 0. The van der Waals surface area contributed by atoms with Crippen molar-refractivity contribution in [2.45, 2.75) is 6.04 Å². The minimum atomic E-state index is -1.05. The average molecular weight is 270 g/mol. The Hall–Kier alpha value is -1.63. The van der Waals surface area contributed by atoms with Gasteiger partial charge in [0.1, 0.15) is 11.7 Å². The first-order chi connectivity index (χ1) is 8.59. The van der Waals surface area contributed by atoms with Crippen LogP contribution in [-0.2, 0) is 4.79 Å². The van der Waals surface area contributed by atoms with Gasteiger partial charge in [0, 0.05) is 18.1 Å². The van der Waals surface area contributed by atoms with Gasteiger partial charge in [-0.25, -0.2) is 9.78 Å². The number of aromatic nitrogens is 1. The van der Waals surface area contributed by atoms with Crippen LogP contribution < -0.4 is 0 Å². The fourth-order valence-electron chi connectivity index (χ4n) is 1.73. The van der Waals surface area contributed by atoms with E-state index in [0.29, 0.717) is 18.1 Å². The Balaban J connectivity index is 2.23. The smallest absolute Gasteiger partial charge is 0.327 e. The molecule has 18 heavy (non-hydrogen) atoms. The molecule has 1 aliphatic rings. The minimum absolute atomic E-state index is 0.0619. The van der Waals surface area contributed by atoms with Crippen LogP contribution in [0.15, 0.2) is 18.2 Å². The molecule has 1 aliphatic heterocycles. The number of pyridine rings is 1. The van der Waals surface area contributed by atoms with E-state index in [0.717, 1.165) is 6.07 Å². The zero-order valence-corrected chi connectivity index (χ0v) is 10.2. The summed E-state index contributed by atoms with van der Waals surface area (Å²) in [4.78, 5) is 27.9. The van der Waals surface area contributed by atoms with Crippen molar-refractivity contribution >= 4 is 23.6 Å². The third-order valence-corrected chi connectivity index (χ3v) is 3.63. The normalized spacial score (nSPS) is 19.6. The zero-order chi connectivity index (χ0) is 13.1. The number of carboxylic acid groups (broad SMARTS) is 1. The Bertz CT molecular complexity index is 483. The van der Waals surface area contributed by atoms with Crippen molar-refractivity contribution < 1.29 is 19.1 Å². The monoisotopic (exact) mass is 270 g/mol. The van der Waals surface area contributed by atoms with Crippen molar-refractivity contribution in [3.63, 3.8) is 0 Å². The van der Waals surface area contributed by atoms with Crippen LogP contribution in [0.25, 0.3) is 0 Å². The van der Waals surface area contributed by atoms with E-state index in [9.17, 15) is 14.0 Å². The molecular formula is C11H11FN2O3S. The van der Waals surface area contributed by atoms with Crippen LogP contribution in [0, 0.1) is 5.95 Å². The zero-order valence-electron chi connectivity index (χ0n) is 9.38. The van der Waals surface area contributed by atoms with E-state index in [4.69, 9.17) is 5.11 Å². The fourth-order valence-corrected chi connectivity index (χ4v) is 2.76. The topological polar surface area (TPSA) is 70.5 Å².